The lowest BCUT2D eigenvalue weighted by Gasteiger charge is -2.17. The van der Waals surface area contributed by atoms with Gasteiger partial charge >= 0.3 is 0 Å². The molecule has 0 bridgehead atoms. The Kier molecular flexibility index (Phi) is 5.29. The smallest absolute Gasteiger partial charge is 0.124 e. The van der Waals surface area contributed by atoms with E-state index < -0.39 is 0 Å². The molecule has 0 radical (unpaired) electrons. The number of benzene rings is 2. The third-order valence-electron chi connectivity index (χ3n) is 3.29. The van der Waals surface area contributed by atoms with Crippen molar-refractivity contribution in [2.45, 2.75) is 40.3 Å². The molecule has 0 fully saturated rings. The number of anilines is 1. The van der Waals surface area contributed by atoms with Gasteiger partial charge in [-0.05, 0) is 57.0 Å². The van der Waals surface area contributed by atoms with Crippen LogP contribution in [0, 0.1) is 13.8 Å². The van der Waals surface area contributed by atoms with Crippen molar-refractivity contribution in [3.8, 4) is 5.75 Å². The first-order valence-corrected chi connectivity index (χ1v) is 8.02. The van der Waals surface area contributed by atoms with E-state index in [0.29, 0.717) is 0 Å². The number of hydrogen-bond donors (Lipinski definition) is 1. The Morgan fingerprint density at radius 3 is 2.33 bits per heavy atom. The molecule has 0 aliphatic rings. The average Bonchev–Trinajstić information content (AvgIpc) is 2.38. The van der Waals surface area contributed by atoms with Gasteiger partial charge in [-0.25, -0.2) is 0 Å². The Morgan fingerprint density at radius 1 is 1.10 bits per heavy atom. The summed E-state index contributed by atoms with van der Waals surface area (Å²) in [4.78, 5) is 0. The average molecular weight is 348 g/mol. The number of hydrogen-bond acceptors (Lipinski definition) is 2. The summed E-state index contributed by atoms with van der Waals surface area (Å²) in [5.41, 5.74) is 4.85. The van der Waals surface area contributed by atoms with E-state index in [2.05, 4.69) is 53.3 Å². The molecule has 0 saturated carbocycles. The van der Waals surface area contributed by atoms with Gasteiger partial charge in [0, 0.05) is 22.3 Å². The molecule has 112 valence electrons. The second-order valence-corrected chi connectivity index (χ2v) is 6.46. The van der Waals surface area contributed by atoms with Gasteiger partial charge in [-0.3, -0.25) is 0 Å². The summed E-state index contributed by atoms with van der Waals surface area (Å²) in [6.45, 7) is 9.10. The number of halogens is 1. The molecule has 3 heteroatoms. The van der Waals surface area contributed by atoms with Crippen LogP contribution >= 0.6 is 15.9 Å². The van der Waals surface area contributed by atoms with Gasteiger partial charge in [0.2, 0.25) is 0 Å². The highest BCUT2D eigenvalue weighted by molar-refractivity contribution is 9.10. The highest BCUT2D eigenvalue weighted by Crippen LogP contribution is 2.27. The molecule has 2 nitrogen and oxygen atoms in total. The fraction of sp³-hybridized carbons (Fsp3) is 0.333. The van der Waals surface area contributed by atoms with E-state index in [4.69, 9.17) is 4.74 Å². The normalized spacial score (nSPS) is 10.8. The molecule has 0 aromatic heterocycles. The van der Waals surface area contributed by atoms with Gasteiger partial charge in [0.15, 0.2) is 0 Å². The van der Waals surface area contributed by atoms with E-state index >= 15 is 0 Å². The molecular formula is C18H22BrNO. The minimum atomic E-state index is 0.183. The Morgan fingerprint density at radius 2 is 1.71 bits per heavy atom. The molecule has 0 aliphatic heterocycles. The van der Waals surface area contributed by atoms with Gasteiger partial charge < -0.3 is 10.1 Å². The third kappa shape index (κ3) is 4.24. The first-order valence-electron chi connectivity index (χ1n) is 7.22. The second kappa shape index (κ2) is 6.99. The van der Waals surface area contributed by atoms with Crippen molar-refractivity contribution in [3.05, 3.63) is 57.6 Å². The van der Waals surface area contributed by atoms with Crippen molar-refractivity contribution in [1.29, 1.82) is 0 Å². The maximum Gasteiger partial charge on any atom is 0.124 e. The molecular weight excluding hydrogens is 326 g/mol. The van der Waals surface area contributed by atoms with Crippen LogP contribution < -0.4 is 10.1 Å². The van der Waals surface area contributed by atoms with Crippen LogP contribution in [0.5, 0.6) is 5.75 Å². The second-order valence-electron chi connectivity index (χ2n) is 5.54. The minimum Gasteiger partial charge on any atom is -0.491 e. The van der Waals surface area contributed by atoms with Crippen LogP contribution in [0.25, 0.3) is 0 Å². The summed E-state index contributed by atoms with van der Waals surface area (Å²) >= 11 is 3.53. The lowest BCUT2D eigenvalue weighted by Crippen LogP contribution is -2.10. The molecule has 0 unspecified atom stereocenters. The quantitative estimate of drug-likeness (QED) is 0.774. The van der Waals surface area contributed by atoms with Crippen molar-refractivity contribution in [3.63, 3.8) is 0 Å². The summed E-state index contributed by atoms with van der Waals surface area (Å²) in [6.07, 6.45) is 0.183. The van der Waals surface area contributed by atoms with Crippen LogP contribution in [-0.4, -0.2) is 6.10 Å². The molecule has 21 heavy (non-hydrogen) atoms. The molecule has 1 N–H and O–H groups in total. The van der Waals surface area contributed by atoms with E-state index in [-0.39, 0.29) is 6.10 Å². The van der Waals surface area contributed by atoms with E-state index in [0.717, 1.165) is 16.8 Å². The zero-order valence-corrected chi connectivity index (χ0v) is 14.6. The van der Waals surface area contributed by atoms with Crippen molar-refractivity contribution in [2.24, 2.45) is 0 Å². The molecule has 0 heterocycles. The van der Waals surface area contributed by atoms with Crippen LogP contribution in [0.1, 0.15) is 30.5 Å². The Balaban J connectivity index is 2.17. The van der Waals surface area contributed by atoms with Gasteiger partial charge in [0.1, 0.15) is 5.75 Å². The van der Waals surface area contributed by atoms with Gasteiger partial charge in [0.25, 0.3) is 0 Å². The van der Waals surface area contributed by atoms with Crippen molar-refractivity contribution in [1.82, 2.24) is 0 Å². The van der Waals surface area contributed by atoms with Crippen LogP contribution in [-0.2, 0) is 6.54 Å². The maximum atomic E-state index is 5.87. The fourth-order valence-electron chi connectivity index (χ4n) is 2.39. The summed E-state index contributed by atoms with van der Waals surface area (Å²) < 4.78 is 6.98. The first-order chi connectivity index (χ1) is 9.97. The standard InChI is InChI=1S/C18H22BrNO/c1-12(2)21-17-8-6-5-7-15(17)11-20-18-13(3)9-16(19)10-14(18)4/h5-10,12,20H,11H2,1-4H3. The molecule has 2 aromatic carbocycles. The lowest BCUT2D eigenvalue weighted by atomic mass is 10.1. The molecule has 0 saturated heterocycles. The van der Waals surface area contributed by atoms with Gasteiger partial charge in [0.05, 0.1) is 6.10 Å². The van der Waals surface area contributed by atoms with Crippen LogP contribution in [0.15, 0.2) is 40.9 Å². The number of aryl methyl sites for hydroxylation is 2. The zero-order chi connectivity index (χ0) is 15.4. The number of ether oxygens (including phenoxy) is 1. The van der Waals surface area contributed by atoms with Crippen molar-refractivity contribution in [2.75, 3.05) is 5.32 Å². The van der Waals surface area contributed by atoms with Gasteiger partial charge in [-0.2, -0.15) is 0 Å². The van der Waals surface area contributed by atoms with Crippen LogP contribution in [0.4, 0.5) is 5.69 Å². The molecule has 2 aromatic rings. The van der Waals surface area contributed by atoms with E-state index in [1.807, 2.05) is 32.0 Å². The Bertz CT molecular complexity index is 599. The predicted octanol–water partition coefficient (Wildman–Crippen LogP) is 5.47. The largest absolute Gasteiger partial charge is 0.491 e. The maximum absolute atomic E-state index is 5.87. The van der Waals surface area contributed by atoms with E-state index in [1.54, 1.807) is 0 Å². The Labute approximate surface area is 135 Å². The van der Waals surface area contributed by atoms with E-state index in [1.165, 1.54) is 22.4 Å². The van der Waals surface area contributed by atoms with Crippen molar-refractivity contribution >= 4 is 21.6 Å². The van der Waals surface area contributed by atoms with Gasteiger partial charge in [-0.15, -0.1) is 0 Å². The molecule has 0 amide bonds. The van der Waals surface area contributed by atoms with Gasteiger partial charge in [-0.1, -0.05) is 34.1 Å². The van der Waals surface area contributed by atoms with Crippen LogP contribution in [0.3, 0.4) is 0 Å². The minimum absolute atomic E-state index is 0.183. The monoisotopic (exact) mass is 347 g/mol. The summed E-state index contributed by atoms with van der Waals surface area (Å²) in [6, 6.07) is 12.5. The molecule has 0 atom stereocenters. The predicted molar refractivity (Wildman–Crippen MR) is 93.1 cm³/mol. The number of para-hydroxylation sites is 1. The SMILES string of the molecule is Cc1cc(Br)cc(C)c1NCc1ccccc1OC(C)C. The number of nitrogens with one attached hydrogen (secondary N) is 1. The summed E-state index contributed by atoms with van der Waals surface area (Å²) in [5.74, 6) is 0.951. The lowest BCUT2D eigenvalue weighted by molar-refractivity contribution is 0.240. The Hall–Kier alpha value is -1.48. The number of rotatable bonds is 5. The third-order valence-corrected chi connectivity index (χ3v) is 3.75. The topological polar surface area (TPSA) is 21.3 Å². The zero-order valence-electron chi connectivity index (χ0n) is 13.0. The first kappa shape index (κ1) is 15.9. The van der Waals surface area contributed by atoms with Crippen molar-refractivity contribution < 1.29 is 4.74 Å². The summed E-state index contributed by atoms with van der Waals surface area (Å²) in [7, 11) is 0. The highest BCUT2D eigenvalue weighted by atomic mass is 79.9. The summed E-state index contributed by atoms with van der Waals surface area (Å²) in [5, 5.41) is 3.54. The van der Waals surface area contributed by atoms with Crippen LogP contribution in [0.2, 0.25) is 0 Å². The molecule has 2 rings (SSSR count). The fourth-order valence-corrected chi connectivity index (χ4v) is 3.08. The molecule has 0 spiro atoms. The van der Waals surface area contributed by atoms with E-state index in [9.17, 15) is 0 Å². The highest BCUT2D eigenvalue weighted by Gasteiger charge is 2.07. The molecule has 0 aliphatic carbocycles.